The number of carboxylic acid groups (broad SMARTS) is 1. The third-order valence-electron chi connectivity index (χ3n) is 3.85. The van der Waals surface area contributed by atoms with Gasteiger partial charge in [-0.15, -0.1) is 0 Å². The first-order chi connectivity index (χ1) is 13.0. The number of fused-ring (bicyclic) bond motifs is 1. The maximum atomic E-state index is 12.2. The topological polar surface area (TPSA) is 112 Å². The fourth-order valence-electron chi connectivity index (χ4n) is 2.55. The van der Waals surface area contributed by atoms with Gasteiger partial charge in [-0.05, 0) is 17.7 Å². The predicted molar refractivity (Wildman–Crippen MR) is 103 cm³/mol. The molecule has 3 N–H and O–H groups in total. The monoisotopic (exact) mass is 383 g/mol. The molecule has 2 aromatic carbocycles. The first-order valence-electron chi connectivity index (χ1n) is 8.21. The summed E-state index contributed by atoms with van der Waals surface area (Å²) in [5.74, 6) is -1.60. The number of thioether (sulfide) groups is 1. The molecule has 8 heteroatoms. The average Bonchev–Trinajstić information content (AvgIpc) is 2.67. The standard InChI is InChI=1S/C19H17N3O4S/c23-16(20-15(18(25)26)10-12-6-2-1-3-7-12)11-27-19-21-14-9-5-4-8-13(14)17(24)22-19/h1-9,15H,10-11H2,(H,20,23)(H,25,26)(H,21,22,24)/t15-/m0/s1. The van der Waals surface area contributed by atoms with Crippen LogP contribution in [0.2, 0.25) is 0 Å². The van der Waals surface area contributed by atoms with Crippen LogP contribution in [0.5, 0.6) is 0 Å². The third-order valence-corrected chi connectivity index (χ3v) is 4.72. The molecule has 0 bridgehead atoms. The molecule has 138 valence electrons. The van der Waals surface area contributed by atoms with Crippen LogP contribution in [0.3, 0.4) is 0 Å². The Morgan fingerprint density at radius 3 is 2.56 bits per heavy atom. The maximum absolute atomic E-state index is 12.2. The zero-order valence-electron chi connectivity index (χ0n) is 14.2. The van der Waals surface area contributed by atoms with Gasteiger partial charge < -0.3 is 15.4 Å². The summed E-state index contributed by atoms with van der Waals surface area (Å²) in [5.41, 5.74) is 1.08. The molecule has 0 spiro atoms. The number of benzene rings is 2. The summed E-state index contributed by atoms with van der Waals surface area (Å²) in [6, 6.07) is 15.0. The second-order valence-corrected chi connectivity index (χ2v) is 6.79. The van der Waals surface area contributed by atoms with Crippen LogP contribution in [-0.4, -0.2) is 38.7 Å². The third kappa shape index (κ3) is 4.95. The molecule has 0 fully saturated rings. The van der Waals surface area contributed by atoms with E-state index in [1.807, 2.05) is 18.2 Å². The number of aliphatic carboxylic acids is 1. The number of hydrogen-bond acceptors (Lipinski definition) is 5. The lowest BCUT2D eigenvalue weighted by atomic mass is 10.1. The molecule has 0 radical (unpaired) electrons. The van der Waals surface area contributed by atoms with Crippen LogP contribution in [0.25, 0.3) is 10.9 Å². The number of carbonyl (C=O) groups is 2. The summed E-state index contributed by atoms with van der Waals surface area (Å²) >= 11 is 1.05. The minimum absolute atomic E-state index is 0.0557. The molecule has 1 atom stereocenters. The van der Waals surface area contributed by atoms with Crippen molar-refractivity contribution in [1.82, 2.24) is 15.3 Å². The van der Waals surface area contributed by atoms with Crippen LogP contribution >= 0.6 is 11.8 Å². The summed E-state index contributed by atoms with van der Waals surface area (Å²) < 4.78 is 0. The van der Waals surface area contributed by atoms with Crippen LogP contribution in [0.4, 0.5) is 0 Å². The van der Waals surface area contributed by atoms with E-state index < -0.39 is 17.9 Å². The number of carboxylic acids is 1. The van der Waals surface area contributed by atoms with Crippen molar-refractivity contribution < 1.29 is 14.7 Å². The minimum Gasteiger partial charge on any atom is -0.480 e. The highest BCUT2D eigenvalue weighted by atomic mass is 32.2. The Kier molecular flexibility index (Phi) is 5.87. The summed E-state index contributed by atoms with van der Waals surface area (Å²) in [5, 5.41) is 12.6. The van der Waals surface area contributed by atoms with Gasteiger partial charge in [0.15, 0.2) is 5.16 Å². The predicted octanol–water partition coefficient (Wildman–Crippen LogP) is 1.83. The molecule has 0 aliphatic rings. The van der Waals surface area contributed by atoms with Gasteiger partial charge in [0.1, 0.15) is 6.04 Å². The smallest absolute Gasteiger partial charge is 0.326 e. The first-order valence-corrected chi connectivity index (χ1v) is 9.19. The van der Waals surface area contributed by atoms with Gasteiger partial charge in [0.2, 0.25) is 5.91 Å². The van der Waals surface area contributed by atoms with Crippen LogP contribution in [0.15, 0.2) is 64.5 Å². The van der Waals surface area contributed by atoms with Crippen molar-refractivity contribution in [2.45, 2.75) is 17.6 Å². The number of nitrogens with one attached hydrogen (secondary N) is 2. The molecule has 0 saturated heterocycles. The van der Waals surface area contributed by atoms with E-state index in [9.17, 15) is 19.5 Å². The molecule has 3 aromatic rings. The van der Waals surface area contributed by atoms with E-state index in [-0.39, 0.29) is 17.7 Å². The van der Waals surface area contributed by atoms with E-state index in [0.717, 1.165) is 17.3 Å². The van der Waals surface area contributed by atoms with Gasteiger partial charge in [0.25, 0.3) is 5.56 Å². The summed E-state index contributed by atoms with van der Waals surface area (Å²) in [4.78, 5) is 42.5. The molecule has 1 amide bonds. The Morgan fingerprint density at radius 1 is 1.11 bits per heavy atom. The number of rotatable bonds is 7. The van der Waals surface area contributed by atoms with Crippen molar-refractivity contribution in [3.63, 3.8) is 0 Å². The zero-order chi connectivity index (χ0) is 19.2. The van der Waals surface area contributed by atoms with Crippen molar-refractivity contribution in [3.05, 3.63) is 70.5 Å². The van der Waals surface area contributed by atoms with Crippen LogP contribution in [0.1, 0.15) is 5.56 Å². The van der Waals surface area contributed by atoms with Crippen molar-refractivity contribution in [1.29, 1.82) is 0 Å². The Bertz CT molecular complexity index is 1020. The molecule has 27 heavy (non-hydrogen) atoms. The molecule has 0 unspecified atom stereocenters. The lowest BCUT2D eigenvalue weighted by molar-refractivity contribution is -0.141. The molecule has 1 aromatic heterocycles. The van der Waals surface area contributed by atoms with Gasteiger partial charge in [-0.25, -0.2) is 9.78 Å². The molecule has 7 nitrogen and oxygen atoms in total. The Morgan fingerprint density at radius 2 is 1.81 bits per heavy atom. The number of H-pyrrole nitrogens is 1. The molecule has 0 saturated carbocycles. The Labute approximate surface area is 158 Å². The molecule has 0 aliphatic heterocycles. The van der Waals surface area contributed by atoms with Crippen LogP contribution in [0, 0.1) is 0 Å². The van der Waals surface area contributed by atoms with E-state index in [2.05, 4.69) is 15.3 Å². The van der Waals surface area contributed by atoms with E-state index >= 15 is 0 Å². The maximum Gasteiger partial charge on any atom is 0.326 e. The van der Waals surface area contributed by atoms with Crippen LogP contribution < -0.4 is 10.9 Å². The van der Waals surface area contributed by atoms with Crippen LogP contribution in [-0.2, 0) is 16.0 Å². The largest absolute Gasteiger partial charge is 0.480 e. The SMILES string of the molecule is O=C(CSc1nc2ccccc2c(=O)[nH]1)N[C@@H](Cc1ccccc1)C(=O)O. The van der Waals surface area contributed by atoms with Gasteiger partial charge in [0, 0.05) is 6.42 Å². The quantitative estimate of drug-likeness (QED) is 0.424. The average molecular weight is 383 g/mol. The van der Waals surface area contributed by atoms with Gasteiger partial charge in [0.05, 0.1) is 16.7 Å². The van der Waals surface area contributed by atoms with Crippen molar-refractivity contribution in [2.75, 3.05) is 5.75 Å². The number of para-hydroxylation sites is 1. The zero-order valence-corrected chi connectivity index (χ0v) is 15.0. The molecular formula is C19H17N3O4S. The van der Waals surface area contributed by atoms with E-state index in [1.165, 1.54) is 0 Å². The van der Waals surface area contributed by atoms with Gasteiger partial charge in [-0.2, -0.15) is 0 Å². The van der Waals surface area contributed by atoms with Crippen molar-refractivity contribution in [3.8, 4) is 0 Å². The van der Waals surface area contributed by atoms with Crippen molar-refractivity contribution in [2.24, 2.45) is 0 Å². The highest BCUT2D eigenvalue weighted by Crippen LogP contribution is 2.14. The Hall–Kier alpha value is -3.13. The Balaban J connectivity index is 1.63. The van der Waals surface area contributed by atoms with E-state index in [0.29, 0.717) is 16.1 Å². The number of hydrogen-bond donors (Lipinski definition) is 3. The number of aromatic nitrogens is 2. The van der Waals surface area contributed by atoms with Crippen molar-refractivity contribution >= 4 is 34.5 Å². The highest BCUT2D eigenvalue weighted by Gasteiger charge is 2.20. The number of carbonyl (C=O) groups excluding carboxylic acids is 1. The molecule has 1 heterocycles. The molecule has 3 rings (SSSR count). The van der Waals surface area contributed by atoms with Gasteiger partial charge in [-0.1, -0.05) is 54.2 Å². The summed E-state index contributed by atoms with van der Waals surface area (Å²) in [6.07, 6.45) is 0.192. The fraction of sp³-hybridized carbons (Fsp3) is 0.158. The first kappa shape index (κ1) is 18.7. The lowest BCUT2D eigenvalue weighted by Gasteiger charge is -2.14. The normalized spacial score (nSPS) is 11.9. The van der Waals surface area contributed by atoms with E-state index in [4.69, 9.17) is 0 Å². The second kappa shape index (κ2) is 8.50. The summed E-state index contributed by atoms with van der Waals surface area (Å²) in [7, 11) is 0. The fourth-order valence-corrected chi connectivity index (χ4v) is 3.23. The van der Waals surface area contributed by atoms with Gasteiger partial charge in [-0.3, -0.25) is 9.59 Å². The van der Waals surface area contributed by atoms with E-state index in [1.54, 1.807) is 36.4 Å². The number of amides is 1. The molecular weight excluding hydrogens is 366 g/mol. The second-order valence-electron chi connectivity index (χ2n) is 5.82. The lowest BCUT2D eigenvalue weighted by Crippen LogP contribution is -2.43. The molecule has 0 aliphatic carbocycles. The summed E-state index contributed by atoms with van der Waals surface area (Å²) in [6.45, 7) is 0. The number of aromatic amines is 1. The van der Waals surface area contributed by atoms with Gasteiger partial charge >= 0.3 is 5.97 Å². The minimum atomic E-state index is -1.10. The number of nitrogens with zero attached hydrogens (tertiary/aromatic N) is 1. The highest BCUT2D eigenvalue weighted by molar-refractivity contribution is 7.99.